The predicted octanol–water partition coefficient (Wildman–Crippen LogP) is 3.04. The third kappa shape index (κ3) is 3.30. The van der Waals surface area contributed by atoms with Gasteiger partial charge >= 0.3 is 5.97 Å². The highest BCUT2D eigenvalue weighted by Gasteiger charge is 2.26. The van der Waals surface area contributed by atoms with Gasteiger partial charge in [-0.1, -0.05) is 53.5 Å². The number of hydrogen-bond acceptors (Lipinski definition) is 4. The number of ether oxygens (including phenoxy) is 1. The largest absolute Gasteiger partial charge is 0.481 e. The van der Waals surface area contributed by atoms with Gasteiger partial charge in [-0.25, -0.2) is 4.79 Å². The molecule has 23 heavy (non-hydrogen) atoms. The smallest absolute Gasteiger partial charge is 0.368 e. The minimum Gasteiger partial charge on any atom is -0.481 e. The molecule has 1 heterocycles. The zero-order valence-electron chi connectivity index (χ0n) is 12.2. The molecule has 4 nitrogen and oxygen atoms in total. The first-order valence-electron chi connectivity index (χ1n) is 7.01. The Morgan fingerprint density at radius 2 is 1.87 bits per heavy atom. The summed E-state index contributed by atoms with van der Waals surface area (Å²) in [6.45, 7) is 0.220. The molecular weight excluding hydrogens is 290 g/mol. The number of hydrogen-bond donors (Lipinski definition) is 0. The Balaban J connectivity index is 1.87. The Labute approximate surface area is 134 Å². The van der Waals surface area contributed by atoms with Crippen LogP contribution in [0.4, 0.5) is 0 Å². The lowest BCUT2D eigenvalue weighted by molar-refractivity contribution is -0.136. The highest BCUT2D eigenvalue weighted by Crippen LogP contribution is 2.21. The maximum atomic E-state index is 11.9. The molecule has 3 rings (SSSR count). The molecular formula is C19H13NO3. The van der Waals surface area contributed by atoms with Gasteiger partial charge in [0.05, 0.1) is 5.57 Å². The molecule has 0 aliphatic carbocycles. The average Bonchev–Trinajstić information content (AvgIpc) is 2.96. The van der Waals surface area contributed by atoms with Crippen LogP contribution in [0.15, 0.2) is 65.3 Å². The third-order valence-electron chi connectivity index (χ3n) is 3.26. The van der Waals surface area contributed by atoms with Crippen molar-refractivity contribution in [2.24, 2.45) is 5.16 Å². The summed E-state index contributed by atoms with van der Waals surface area (Å²) in [6, 6.07) is 16.7. The lowest BCUT2D eigenvalue weighted by Crippen LogP contribution is -2.06. The minimum atomic E-state index is -0.462. The lowest BCUT2D eigenvalue weighted by atomic mass is 10.0. The van der Waals surface area contributed by atoms with Crippen LogP contribution < -0.4 is 4.74 Å². The van der Waals surface area contributed by atoms with Crippen LogP contribution in [-0.2, 0) is 9.63 Å². The molecule has 0 unspecified atom stereocenters. The fourth-order valence-corrected chi connectivity index (χ4v) is 2.17. The quantitative estimate of drug-likeness (QED) is 0.495. The summed E-state index contributed by atoms with van der Waals surface area (Å²) in [5.74, 6) is 2.62. The Morgan fingerprint density at radius 3 is 2.57 bits per heavy atom. The van der Waals surface area contributed by atoms with E-state index in [1.807, 2.05) is 42.5 Å². The van der Waals surface area contributed by atoms with E-state index >= 15 is 0 Å². The van der Waals surface area contributed by atoms with E-state index in [2.05, 4.69) is 11.1 Å². The van der Waals surface area contributed by atoms with Gasteiger partial charge in [0.1, 0.15) is 18.1 Å². The van der Waals surface area contributed by atoms with Gasteiger partial charge in [-0.3, -0.25) is 0 Å². The van der Waals surface area contributed by atoms with E-state index in [0.29, 0.717) is 17.0 Å². The summed E-state index contributed by atoms with van der Waals surface area (Å²) >= 11 is 0. The molecule has 0 saturated carbocycles. The van der Waals surface area contributed by atoms with Gasteiger partial charge < -0.3 is 9.57 Å². The van der Waals surface area contributed by atoms with Gasteiger partial charge in [-0.2, -0.15) is 0 Å². The van der Waals surface area contributed by atoms with Gasteiger partial charge in [0.15, 0.2) is 0 Å². The maximum Gasteiger partial charge on any atom is 0.368 e. The van der Waals surface area contributed by atoms with Crippen LogP contribution in [0.1, 0.15) is 11.1 Å². The van der Waals surface area contributed by atoms with Crippen LogP contribution in [0.25, 0.3) is 6.08 Å². The molecule has 0 N–H and O–H groups in total. The zero-order chi connectivity index (χ0) is 16.1. The lowest BCUT2D eigenvalue weighted by Gasteiger charge is -2.03. The molecule has 1 aliphatic rings. The molecule has 0 spiro atoms. The second-order valence-corrected chi connectivity index (χ2v) is 4.80. The molecule has 0 amide bonds. The summed E-state index contributed by atoms with van der Waals surface area (Å²) in [7, 11) is 0. The highest BCUT2D eigenvalue weighted by molar-refractivity contribution is 6.31. The molecule has 0 saturated heterocycles. The fraction of sp³-hybridized carbons (Fsp3) is 0.0526. The molecule has 2 aromatic rings. The van der Waals surface area contributed by atoms with Gasteiger partial charge in [-0.15, -0.1) is 6.42 Å². The number of rotatable bonds is 4. The first kappa shape index (κ1) is 14.6. The molecule has 2 aromatic carbocycles. The van der Waals surface area contributed by atoms with Crippen molar-refractivity contribution in [1.82, 2.24) is 0 Å². The average molecular weight is 303 g/mol. The van der Waals surface area contributed by atoms with E-state index in [1.165, 1.54) is 0 Å². The van der Waals surface area contributed by atoms with Crippen molar-refractivity contribution in [3.8, 4) is 18.1 Å². The Hall–Kier alpha value is -3.32. The monoisotopic (exact) mass is 303 g/mol. The van der Waals surface area contributed by atoms with Crippen molar-refractivity contribution < 1.29 is 14.4 Å². The molecule has 0 radical (unpaired) electrons. The Bertz CT molecular complexity index is 812. The van der Waals surface area contributed by atoms with Gasteiger partial charge in [0, 0.05) is 5.56 Å². The first-order chi connectivity index (χ1) is 11.3. The van der Waals surface area contributed by atoms with Crippen LogP contribution in [0.5, 0.6) is 5.75 Å². The van der Waals surface area contributed by atoms with Crippen LogP contribution in [-0.4, -0.2) is 18.3 Å². The summed E-state index contributed by atoms with van der Waals surface area (Å²) in [4.78, 5) is 16.7. The summed E-state index contributed by atoms with van der Waals surface area (Å²) in [6.07, 6.45) is 6.89. The second kappa shape index (κ2) is 6.63. The highest BCUT2D eigenvalue weighted by atomic mass is 16.7. The van der Waals surface area contributed by atoms with E-state index in [-0.39, 0.29) is 6.61 Å². The van der Waals surface area contributed by atoms with Crippen LogP contribution in [0.2, 0.25) is 0 Å². The van der Waals surface area contributed by atoms with Crippen molar-refractivity contribution in [1.29, 1.82) is 0 Å². The zero-order valence-corrected chi connectivity index (χ0v) is 12.2. The third-order valence-corrected chi connectivity index (χ3v) is 3.26. The minimum absolute atomic E-state index is 0.220. The van der Waals surface area contributed by atoms with Crippen molar-refractivity contribution in [2.75, 3.05) is 6.61 Å². The van der Waals surface area contributed by atoms with Crippen molar-refractivity contribution >= 4 is 17.8 Å². The topological polar surface area (TPSA) is 47.9 Å². The van der Waals surface area contributed by atoms with E-state index in [1.54, 1.807) is 18.2 Å². The van der Waals surface area contributed by atoms with Crippen molar-refractivity contribution in [3.63, 3.8) is 0 Å². The number of oxime groups is 1. The Kier molecular flexibility index (Phi) is 4.21. The number of carbonyl (C=O) groups is 1. The van der Waals surface area contributed by atoms with E-state index < -0.39 is 5.97 Å². The number of terminal acetylenes is 1. The van der Waals surface area contributed by atoms with E-state index in [9.17, 15) is 4.79 Å². The number of carbonyl (C=O) groups excluding carboxylic acids is 1. The molecule has 112 valence electrons. The SMILES string of the molecule is C#CCOc1ccc(/C=C2\C(=O)ON=C2c2ccccc2)cc1. The van der Waals surface area contributed by atoms with E-state index in [4.69, 9.17) is 16.0 Å². The molecule has 0 atom stereocenters. The number of benzene rings is 2. The summed E-state index contributed by atoms with van der Waals surface area (Å²) < 4.78 is 5.32. The summed E-state index contributed by atoms with van der Waals surface area (Å²) in [5.41, 5.74) is 2.63. The maximum absolute atomic E-state index is 11.9. The standard InChI is InChI=1S/C19H13NO3/c1-2-12-22-16-10-8-14(9-11-16)13-17-18(20-23-19(17)21)15-6-4-3-5-7-15/h1,3-11,13H,12H2/b17-13-. The van der Waals surface area contributed by atoms with Crippen molar-refractivity contribution in [2.45, 2.75) is 0 Å². The number of nitrogens with zero attached hydrogens (tertiary/aromatic N) is 1. The first-order valence-corrected chi connectivity index (χ1v) is 7.01. The fourth-order valence-electron chi connectivity index (χ4n) is 2.17. The van der Waals surface area contributed by atoms with Crippen LogP contribution >= 0.6 is 0 Å². The second-order valence-electron chi connectivity index (χ2n) is 4.80. The Morgan fingerprint density at radius 1 is 1.13 bits per heavy atom. The van der Waals surface area contributed by atoms with Gasteiger partial charge in [-0.05, 0) is 23.8 Å². The van der Waals surface area contributed by atoms with Gasteiger partial charge in [0.25, 0.3) is 0 Å². The van der Waals surface area contributed by atoms with Gasteiger partial charge in [0.2, 0.25) is 0 Å². The molecule has 0 aromatic heterocycles. The van der Waals surface area contributed by atoms with Crippen molar-refractivity contribution in [3.05, 3.63) is 71.3 Å². The summed E-state index contributed by atoms with van der Waals surface area (Å²) in [5, 5.41) is 3.87. The molecule has 0 bridgehead atoms. The van der Waals surface area contributed by atoms with Crippen LogP contribution in [0.3, 0.4) is 0 Å². The van der Waals surface area contributed by atoms with Crippen LogP contribution in [0, 0.1) is 12.3 Å². The normalized spacial score (nSPS) is 15.0. The molecule has 0 fully saturated rings. The molecule has 4 heteroatoms. The molecule has 1 aliphatic heterocycles. The van der Waals surface area contributed by atoms with E-state index in [0.717, 1.165) is 11.1 Å². The predicted molar refractivity (Wildman–Crippen MR) is 87.8 cm³/mol.